The number of nitrogens with one attached hydrogen (secondary N) is 1. The molecule has 1 aromatic carbocycles. The fourth-order valence-corrected chi connectivity index (χ4v) is 6.14. The normalized spacial score (nSPS) is 21.7. The maximum atomic E-state index is 13.5. The Bertz CT molecular complexity index is 1740. The standard InChI is InChI=1S/C32H35N7O3/c1-37(18-20-8-5-4-6-9-20)29-16-27(25-19-38(21-14-22(15-21)41-2)30-23(25)10-7-13-33-30)35-31-24(17-34-39(29)31)32(40)36-26-11-12-28(26)42-3/h4-10,13,16-17,19,21-22,26,28H,11-12,14-15,18H2,1-3H3,(H,36,40)/t21?,22?,26?,28-/m0/s1. The predicted molar refractivity (Wildman–Crippen MR) is 161 cm³/mol. The van der Waals surface area contributed by atoms with Crippen LogP contribution in [0.4, 0.5) is 5.82 Å². The molecule has 1 amide bonds. The first-order valence-corrected chi connectivity index (χ1v) is 14.5. The number of aromatic nitrogens is 5. The van der Waals surface area contributed by atoms with E-state index in [2.05, 4.69) is 50.3 Å². The summed E-state index contributed by atoms with van der Waals surface area (Å²) in [5, 5.41) is 8.81. The molecule has 0 aliphatic heterocycles. The number of anilines is 1. The fourth-order valence-electron chi connectivity index (χ4n) is 6.14. The summed E-state index contributed by atoms with van der Waals surface area (Å²) in [5.74, 6) is 0.645. The lowest BCUT2D eigenvalue weighted by molar-refractivity contribution is 0.00731. The summed E-state index contributed by atoms with van der Waals surface area (Å²) in [7, 11) is 5.49. The van der Waals surface area contributed by atoms with Crippen LogP contribution in [0.5, 0.6) is 0 Å². The van der Waals surface area contributed by atoms with Crippen molar-refractivity contribution >= 4 is 28.4 Å². The van der Waals surface area contributed by atoms with Gasteiger partial charge in [0.15, 0.2) is 5.65 Å². The van der Waals surface area contributed by atoms with Crippen molar-refractivity contribution < 1.29 is 14.3 Å². The van der Waals surface area contributed by atoms with E-state index in [1.165, 1.54) is 5.56 Å². The van der Waals surface area contributed by atoms with Crippen LogP contribution in [0.1, 0.15) is 47.6 Å². The van der Waals surface area contributed by atoms with Crippen molar-refractivity contribution in [3.05, 3.63) is 78.2 Å². The minimum atomic E-state index is -0.192. The Labute approximate surface area is 244 Å². The van der Waals surface area contributed by atoms with Gasteiger partial charge in [0.1, 0.15) is 17.0 Å². The van der Waals surface area contributed by atoms with Crippen molar-refractivity contribution in [3.63, 3.8) is 0 Å². The molecule has 0 saturated heterocycles. The van der Waals surface area contributed by atoms with Gasteiger partial charge in [0.25, 0.3) is 5.91 Å². The van der Waals surface area contributed by atoms with Crippen molar-refractivity contribution in [3.8, 4) is 11.3 Å². The average Bonchev–Trinajstić information content (AvgIpc) is 3.57. The Hall–Kier alpha value is -4.28. The molecule has 0 bridgehead atoms. The molecule has 216 valence electrons. The summed E-state index contributed by atoms with van der Waals surface area (Å²) in [5.41, 5.74) is 4.80. The first-order chi connectivity index (χ1) is 20.5. The Kier molecular flexibility index (Phi) is 6.87. The monoisotopic (exact) mass is 565 g/mol. The molecular formula is C32H35N7O3. The molecular weight excluding hydrogens is 530 g/mol. The summed E-state index contributed by atoms with van der Waals surface area (Å²) >= 11 is 0. The smallest absolute Gasteiger partial charge is 0.257 e. The SMILES string of the molecule is COC1CC(n2cc(-c3cc(N(C)Cc4ccccc4)n4ncc(C(=O)NC5CC[C@@H]5OC)c4n3)c3cccnc32)C1. The third-order valence-electron chi connectivity index (χ3n) is 8.84. The Morgan fingerprint density at radius 1 is 1.07 bits per heavy atom. The van der Waals surface area contributed by atoms with E-state index in [9.17, 15) is 4.79 Å². The van der Waals surface area contributed by atoms with Crippen molar-refractivity contribution in [2.75, 3.05) is 26.2 Å². The van der Waals surface area contributed by atoms with Crippen LogP contribution in [0.25, 0.3) is 27.9 Å². The Morgan fingerprint density at radius 2 is 1.90 bits per heavy atom. The lowest BCUT2D eigenvalue weighted by atomic mass is 9.89. The zero-order valence-corrected chi connectivity index (χ0v) is 24.1. The topological polar surface area (TPSA) is 98.8 Å². The zero-order chi connectivity index (χ0) is 28.8. The number of hydrogen-bond acceptors (Lipinski definition) is 7. The van der Waals surface area contributed by atoms with E-state index in [-0.39, 0.29) is 24.2 Å². The third kappa shape index (κ3) is 4.60. The Morgan fingerprint density at radius 3 is 2.64 bits per heavy atom. The molecule has 2 aliphatic rings. The summed E-state index contributed by atoms with van der Waals surface area (Å²) in [6.07, 6.45) is 9.64. The molecule has 1 N–H and O–H groups in total. The summed E-state index contributed by atoms with van der Waals surface area (Å²) < 4.78 is 15.1. The highest BCUT2D eigenvalue weighted by Gasteiger charge is 2.34. The van der Waals surface area contributed by atoms with Crippen molar-refractivity contribution in [2.45, 2.75) is 56.5 Å². The summed E-state index contributed by atoms with van der Waals surface area (Å²) in [6, 6.07) is 16.7. The van der Waals surface area contributed by atoms with Crippen molar-refractivity contribution in [1.82, 2.24) is 29.5 Å². The molecule has 10 heteroatoms. The number of nitrogens with zero attached hydrogens (tertiary/aromatic N) is 6. The van der Waals surface area contributed by atoms with Crippen molar-refractivity contribution in [1.29, 1.82) is 0 Å². The van der Waals surface area contributed by atoms with E-state index < -0.39 is 0 Å². The van der Waals surface area contributed by atoms with Crippen LogP contribution in [0.15, 0.2) is 67.1 Å². The maximum Gasteiger partial charge on any atom is 0.257 e. The van der Waals surface area contributed by atoms with E-state index in [0.717, 1.165) is 53.8 Å². The van der Waals surface area contributed by atoms with Gasteiger partial charge in [-0.1, -0.05) is 30.3 Å². The average molecular weight is 566 g/mol. The highest BCUT2D eigenvalue weighted by Crippen LogP contribution is 2.40. The second kappa shape index (κ2) is 10.8. The number of hydrogen-bond donors (Lipinski definition) is 1. The number of amides is 1. The van der Waals surface area contributed by atoms with E-state index in [4.69, 9.17) is 19.4 Å². The molecule has 42 heavy (non-hydrogen) atoms. The molecule has 2 aliphatic carbocycles. The number of ether oxygens (including phenoxy) is 2. The predicted octanol–water partition coefficient (Wildman–Crippen LogP) is 4.64. The Balaban J connectivity index is 1.34. The molecule has 5 aromatic rings. The number of pyridine rings is 1. The molecule has 2 atom stereocenters. The van der Waals surface area contributed by atoms with Crippen molar-refractivity contribution in [2.24, 2.45) is 0 Å². The van der Waals surface area contributed by atoms with Gasteiger partial charge in [-0.25, -0.2) is 9.97 Å². The second-order valence-corrected chi connectivity index (χ2v) is 11.4. The van der Waals surface area contributed by atoms with Gasteiger partial charge in [0, 0.05) is 63.3 Å². The molecule has 2 saturated carbocycles. The quantitative estimate of drug-likeness (QED) is 0.278. The van der Waals surface area contributed by atoms with Gasteiger partial charge in [0.2, 0.25) is 0 Å². The van der Waals surface area contributed by atoms with Crippen LogP contribution < -0.4 is 10.2 Å². The van der Waals surface area contributed by atoms with Gasteiger partial charge in [-0.3, -0.25) is 4.79 Å². The van der Waals surface area contributed by atoms with E-state index in [0.29, 0.717) is 23.8 Å². The highest BCUT2D eigenvalue weighted by atomic mass is 16.5. The molecule has 0 spiro atoms. The number of benzene rings is 1. The van der Waals surface area contributed by atoms with Crippen LogP contribution in [0.3, 0.4) is 0 Å². The van der Waals surface area contributed by atoms with Gasteiger partial charge < -0.3 is 24.3 Å². The van der Waals surface area contributed by atoms with E-state index in [1.807, 2.05) is 37.5 Å². The van der Waals surface area contributed by atoms with Gasteiger partial charge >= 0.3 is 0 Å². The third-order valence-corrected chi connectivity index (χ3v) is 8.84. The number of carbonyl (C=O) groups excluding carboxylic acids is 1. The second-order valence-electron chi connectivity index (χ2n) is 11.4. The lowest BCUT2D eigenvalue weighted by Gasteiger charge is -2.35. The van der Waals surface area contributed by atoms with E-state index >= 15 is 0 Å². The van der Waals surface area contributed by atoms with Crippen LogP contribution in [0.2, 0.25) is 0 Å². The van der Waals surface area contributed by atoms with Crippen LogP contribution >= 0.6 is 0 Å². The highest BCUT2D eigenvalue weighted by molar-refractivity contribution is 6.01. The number of fused-ring (bicyclic) bond motifs is 2. The molecule has 4 aromatic heterocycles. The summed E-state index contributed by atoms with van der Waals surface area (Å²) in [6.45, 7) is 0.669. The first-order valence-electron chi connectivity index (χ1n) is 14.5. The fraction of sp³-hybridized carbons (Fsp3) is 0.375. The zero-order valence-electron chi connectivity index (χ0n) is 24.1. The molecule has 10 nitrogen and oxygen atoms in total. The summed E-state index contributed by atoms with van der Waals surface area (Å²) in [4.78, 5) is 25.5. The van der Waals surface area contributed by atoms with Gasteiger partial charge in [-0.2, -0.15) is 9.61 Å². The van der Waals surface area contributed by atoms with Crippen LogP contribution in [0, 0.1) is 0 Å². The molecule has 7 rings (SSSR count). The van der Waals surface area contributed by atoms with E-state index in [1.54, 1.807) is 24.9 Å². The maximum absolute atomic E-state index is 13.5. The molecule has 1 unspecified atom stereocenters. The number of methoxy groups -OCH3 is 2. The minimum absolute atomic E-state index is 0.0108. The van der Waals surface area contributed by atoms with Crippen LogP contribution in [-0.4, -0.2) is 69.6 Å². The molecule has 0 radical (unpaired) electrons. The lowest BCUT2D eigenvalue weighted by Crippen LogP contribution is -2.51. The number of rotatable bonds is 9. The minimum Gasteiger partial charge on any atom is -0.381 e. The van der Waals surface area contributed by atoms with Gasteiger partial charge in [0.05, 0.1) is 30.1 Å². The molecule has 2 fully saturated rings. The molecule has 4 heterocycles. The first kappa shape index (κ1) is 26.6. The number of carbonyl (C=O) groups is 1. The van der Waals surface area contributed by atoms with Gasteiger partial charge in [-0.15, -0.1) is 0 Å². The largest absolute Gasteiger partial charge is 0.381 e. The van der Waals surface area contributed by atoms with Gasteiger partial charge in [-0.05, 0) is 43.4 Å². The van der Waals surface area contributed by atoms with Crippen LogP contribution in [-0.2, 0) is 16.0 Å².